The second-order valence-electron chi connectivity index (χ2n) is 4.45. The van der Waals surface area contributed by atoms with Gasteiger partial charge in [0.05, 0.1) is 5.75 Å². The fraction of sp³-hybridized carbons (Fsp3) is 0.500. The second kappa shape index (κ2) is 6.14. The molecule has 1 atom stereocenters. The number of nitrogens with two attached hydrogens (primary N) is 1. The summed E-state index contributed by atoms with van der Waals surface area (Å²) in [5.74, 6) is 0.348. The van der Waals surface area contributed by atoms with Gasteiger partial charge in [-0.1, -0.05) is 44.2 Å². The molecule has 0 aliphatic heterocycles. The Balaban J connectivity index is 2.63. The van der Waals surface area contributed by atoms with E-state index in [1.807, 2.05) is 30.3 Å². The van der Waals surface area contributed by atoms with E-state index in [0.29, 0.717) is 12.5 Å². The highest BCUT2D eigenvalue weighted by molar-refractivity contribution is 7.89. The molecule has 0 saturated heterocycles. The van der Waals surface area contributed by atoms with Crippen molar-refractivity contribution < 1.29 is 8.42 Å². The zero-order valence-corrected chi connectivity index (χ0v) is 11.1. The molecule has 0 bridgehead atoms. The Bertz CT molecular complexity index is 429. The van der Waals surface area contributed by atoms with E-state index in [4.69, 9.17) is 5.14 Å². The molecule has 96 valence electrons. The molecule has 0 saturated carbocycles. The molecule has 0 aliphatic carbocycles. The van der Waals surface area contributed by atoms with Gasteiger partial charge in [0.2, 0.25) is 10.0 Å². The molecular formula is C12H20N2O2S. The van der Waals surface area contributed by atoms with E-state index in [2.05, 4.69) is 19.2 Å². The second-order valence-corrected chi connectivity index (χ2v) is 6.19. The Morgan fingerprint density at radius 3 is 2.29 bits per heavy atom. The topological polar surface area (TPSA) is 72.2 Å². The number of primary sulfonamides is 1. The maximum Gasteiger partial charge on any atom is 0.210 e. The van der Waals surface area contributed by atoms with Crippen LogP contribution in [-0.2, 0) is 10.0 Å². The van der Waals surface area contributed by atoms with Crippen LogP contribution in [0, 0.1) is 5.92 Å². The predicted molar refractivity (Wildman–Crippen MR) is 70.0 cm³/mol. The van der Waals surface area contributed by atoms with Crippen LogP contribution in [0.3, 0.4) is 0 Å². The van der Waals surface area contributed by atoms with E-state index in [0.717, 1.165) is 5.56 Å². The maximum atomic E-state index is 10.9. The molecule has 3 N–H and O–H groups in total. The first kappa shape index (κ1) is 14.2. The van der Waals surface area contributed by atoms with Gasteiger partial charge in [-0.15, -0.1) is 0 Å². The van der Waals surface area contributed by atoms with E-state index in [9.17, 15) is 8.42 Å². The summed E-state index contributed by atoms with van der Waals surface area (Å²) < 4.78 is 21.7. The Kier molecular flexibility index (Phi) is 5.11. The van der Waals surface area contributed by atoms with Crippen LogP contribution in [0.25, 0.3) is 0 Å². The van der Waals surface area contributed by atoms with Crippen LogP contribution in [0.1, 0.15) is 25.5 Å². The van der Waals surface area contributed by atoms with Gasteiger partial charge in [0.25, 0.3) is 0 Å². The van der Waals surface area contributed by atoms with Crippen molar-refractivity contribution in [1.82, 2.24) is 5.32 Å². The number of rotatable bonds is 6. The molecule has 0 fully saturated rings. The number of sulfonamides is 1. The van der Waals surface area contributed by atoms with Crippen LogP contribution in [-0.4, -0.2) is 20.7 Å². The largest absolute Gasteiger partial charge is 0.309 e. The SMILES string of the molecule is CC(C)C(NCCS(N)(=O)=O)c1ccccc1. The maximum absolute atomic E-state index is 10.9. The Morgan fingerprint density at radius 1 is 1.24 bits per heavy atom. The average molecular weight is 256 g/mol. The van der Waals surface area contributed by atoms with Crippen molar-refractivity contribution in [2.45, 2.75) is 19.9 Å². The van der Waals surface area contributed by atoms with E-state index in [-0.39, 0.29) is 11.8 Å². The van der Waals surface area contributed by atoms with E-state index in [1.165, 1.54) is 0 Å². The first-order chi connectivity index (χ1) is 7.90. The summed E-state index contributed by atoms with van der Waals surface area (Å²) in [5, 5.41) is 8.20. The molecule has 0 heterocycles. The lowest BCUT2D eigenvalue weighted by Crippen LogP contribution is -2.32. The molecular weight excluding hydrogens is 236 g/mol. The Morgan fingerprint density at radius 2 is 1.82 bits per heavy atom. The molecule has 4 nitrogen and oxygen atoms in total. The highest BCUT2D eigenvalue weighted by Gasteiger charge is 2.15. The average Bonchev–Trinajstić information content (AvgIpc) is 2.23. The fourth-order valence-corrected chi connectivity index (χ4v) is 2.16. The normalized spacial score (nSPS) is 13.9. The molecule has 1 rings (SSSR count). The summed E-state index contributed by atoms with van der Waals surface area (Å²) in [7, 11) is -3.39. The number of hydrogen-bond acceptors (Lipinski definition) is 3. The number of hydrogen-bond donors (Lipinski definition) is 2. The first-order valence-corrected chi connectivity index (χ1v) is 7.40. The molecule has 0 amide bonds. The number of benzene rings is 1. The van der Waals surface area contributed by atoms with Gasteiger partial charge in [0.15, 0.2) is 0 Å². The van der Waals surface area contributed by atoms with Crippen molar-refractivity contribution in [1.29, 1.82) is 0 Å². The molecule has 0 radical (unpaired) electrons. The van der Waals surface area contributed by atoms with Crippen molar-refractivity contribution in [3.05, 3.63) is 35.9 Å². The van der Waals surface area contributed by atoms with E-state index < -0.39 is 10.0 Å². The van der Waals surface area contributed by atoms with Crippen molar-refractivity contribution in [2.24, 2.45) is 11.1 Å². The van der Waals surface area contributed by atoms with E-state index in [1.54, 1.807) is 0 Å². The van der Waals surface area contributed by atoms with Gasteiger partial charge in [-0.05, 0) is 11.5 Å². The number of nitrogens with one attached hydrogen (secondary N) is 1. The lowest BCUT2D eigenvalue weighted by atomic mass is 9.96. The van der Waals surface area contributed by atoms with Gasteiger partial charge in [0.1, 0.15) is 0 Å². The third kappa shape index (κ3) is 5.30. The summed E-state index contributed by atoms with van der Waals surface area (Å²) in [6.45, 7) is 4.57. The van der Waals surface area contributed by atoms with Gasteiger partial charge < -0.3 is 5.32 Å². The van der Waals surface area contributed by atoms with Crippen LogP contribution in [0.2, 0.25) is 0 Å². The molecule has 1 unspecified atom stereocenters. The smallest absolute Gasteiger partial charge is 0.210 e. The van der Waals surface area contributed by atoms with E-state index >= 15 is 0 Å². The van der Waals surface area contributed by atoms with Crippen LogP contribution in [0.15, 0.2) is 30.3 Å². The minimum absolute atomic E-state index is 0.0386. The third-order valence-electron chi connectivity index (χ3n) is 2.58. The third-order valence-corrected chi connectivity index (χ3v) is 3.35. The molecule has 0 spiro atoms. The van der Waals surface area contributed by atoms with Crippen LogP contribution < -0.4 is 10.5 Å². The first-order valence-electron chi connectivity index (χ1n) is 5.69. The van der Waals surface area contributed by atoms with Crippen LogP contribution in [0.4, 0.5) is 0 Å². The Labute approximate surface area is 103 Å². The summed E-state index contributed by atoms with van der Waals surface area (Å²) in [5.41, 5.74) is 1.16. The summed E-state index contributed by atoms with van der Waals surface area (Å²) in [4.78, 5) is 0. The zero-order chi connectivity index (χ0) is 12.9. The molecule has 1 aromatic rings. The lowest BCUT2D eigenvalue weighted by Gasteiger charge is -2.22. The highest BCUT2D eigenvalue weighted by Crippen LogP contribution is 2.20. The van der Waals surface area contributed by atoms with Gasteiger partial charge in [-0.25, -0.2) is 13.6 Å². The molecule has 17 heavy (non-hydrogen) atoms. The lowest BCUT2D eigenvalue weighted by molar-refractivity contribution is 0.421. The van der Waals surface area contributed by atoms with Gasteiger partial charge in [-0.3, -0.25) is 0 Å². The van der Waals surface area contributed by atoms with Gasteiger partial charge in [0, 0.05) is 12.6 Å². The molecule has 5 heteroatoms. The minimum Gasteiger partial charge on any atom is -0.309 e. The summed E-state index contributed by atoms with van der Waals surface area (Å²) in [6, 6.07) is 10.1. The van der Waals surface area contributed by atoms with Crippen molar-refractivity contribution in [2.75, 3.05) is 12.3 Å². The highest BCUT2D eigenvalue weighted by atomic mass is 32.2. The van der Waals surface area contributed by atoms with Crippen LogP contribution in [0.5, 0.6) is 0 Å². The Hall–Kier alpha value is -0.910. The minimum atomic E-state index is -3.39. The summed E-state index contributed by atoms with van der Waals surface area (Å²) >= 11 is 0. The van der Waals surface area contributed by atoms with Crippen molar-refractivity contribution in [3.63, 3.8) is 0 Å². The molecule has 1 aromatic carbocycles. The van der Waals surface area contributed by atoms with Gasteiger partial charge in [-0.2, -0.15) is 0 Å². The molecule has 0 aromatic heterocycles. The van der Waals surface area contributed by atoms with Crippen molar-refractivity contribution in [3.8, 4) is 0 Å². The zero-order valence-electron chi connectivity index (χ0n) is 10.3. The van der Waals surface area contributed by atoms with Crippen molar-refractivity contribution >= 4 is 10.0 Å². The predicted octanol–water partition coefficient (Wildman–Crippen LogP) is 1.26. The molecule has 0 aliphatic rings. The fourth-order valence-electron chi connectivity index (χ4n) is 1.76. The quantitative estimate of drug-likeness (QED) is 0.805. The van der Waals surface area contributed by atoms with Gasteiger partial charge >= 0.3 is 0 Å². The van der Waals surface area contributed by atoms with Crippen LogP contribution >= 0.6 is 0 Å². The monoisotopic (exact) mass is 256 g/mol. The standard InChI is InChI=1S/C12H20N2O2S/c1-10(2)12(11-6-4-3-5-7-11)14-8-9-17(13,15)16/h3-7,10,12,14H,8-9H2,1-2H3,(H2,13,15,16). The summed E-state index contributed by atoms with van der Waals surface area (Å²) in [6.07, 6.45) is 0.